The molecule has 1 fully saturated rings. The molecule has 0 bridgehead atoms. The van der Waals surface area contributed by atoms with Crippen molar-refractivity contribution in [3.8, 4) is 11.5 Å². The molecule has 2 amide bonds. The summed E-state index contributed by atoms with van der Waals surface area (Å²) in [5.41, 5.74) is 15.3. The monoisotopic (exact) mass is 727 g/mol. The van der Waals surface area contributed by atoms with Crippen LogP contribution in [0.15, 0.2) is 60.7 Å². The molecule has 2 aromatic carbocycles. The average Bonchev–Trinajstić information content (AvgIpc) is 3.44. The van der Waals surface area contributed by atoms with Gasteiger partial charge in [0.05, 0.1) is 25.3 Å². The van der Waals surface area contributed by atoms with Gasteiger partial charge in [0, 0.05) is 37.4 Å². The number of pyridine rings is 1. The maximum atomic E-state index is 13.7. The number of benzene rings is 2. The summed E-state index contributed by atoms with van der Waals surface area (Å²) in [6.07, 6.45) is 1.84. The lowest BCUT2D eigenvalue weighted by Crippen LogP contribution is -2.44. The van der Waals surface area contributed by atoms with E-state index in [1.165, 1.54) is 6.07 Å². The topological polar surface area (TPSA) is 190 Å². The van der Waals surface area contributed by atoms with Crippen LogP contribution in [0, 0.1) is 12.8 Å². The summed E-state index contributed by atoms with van der Waals surface area (Å²) in [6, 6.07) is 18.4. The van der Waals surface area contributed by atoms with Gasteiger partial charge in [0.1, 0.15) is 12.3 Å². The number of carbonyl (C=O) groups is 2. The second-order valence-corrected chi connectivity index (χ2v) is 13.1. The summed E-state index contributed by atoms with van der Waals surface area (Å²) < 4.78 is 16.1. The molecule has 5 aromatic rings. The quantitative estimate of drug-likeness (QED) is 0.152. The Labute approximate surface area is 306 Å². The summed E-state index contributed by atoms with van der Waals surface area (Å²) in [6.45, 7) is 6.79. The Hall–Kier alpha value is -5.47. The van der Waals surface area contributed by atoms with Gasteiger partial charge in [0.15, 0.2) is 40.1 Å². The molecule has 14 nitrogen and oxygen atoms in total. The molecule has 6 rings (SSSR count). The number of nitrogens with zero attached hydrogens (tertiary/aromatic N) is 6. The van der Waals surface area contributed by atoms with Gasteiger partial charge < -0.3 is 36.3 Å². The summed E-state index contributed by atoms with van der Waals surface area (Å²) >= 11 is 6.04. The molecule has 15 heteroatoms. The first-order valence-corrected chi connectivity index (χ1v) is 17.6. The van der Waals surface area contributed by atoms with Gasteiger partial charge in [0.25, 0.3) is 17.6 Å². The number of hydrogen-bond donors (Lipinski definition) is 3. The minimum Gasteiger partial charge on any atom is -0.871 e. The molecule has 1 aliphatic rings. The number of aryl methyl sites for hydroxylation is 2. The van der Waals surface area contributed by atoms with Crippen LogP contribution in [-0.2, 0) is 42.3 Å². The minimum atomic E-state index is -0.537. The van der Waals surface area contributed by atoms with E-state index < -0.39 is 5.91 Å². The third-order valence-corrected chi connectivity index (χ3v) is 9.40. The fourth-order valence-electron chi connectivity index (χ4n) is 6.41. The Bertz CT molecular complexity index is 2070. The molecule has 1 aliphatic heterocycles. The van der Waals surface area contributed by atoms with Gasteiger partial charge in [-0.3, -0.25) is 14.6 Å². The maximum absolute atomic E-state index is 13.7. The summed E-state index contributed by atoms with van der Waals surface area (Å²) in [7, 11) is 0. The van der Waals surface area contributed by atoms with Crippen molar-refractivity contribution in [3.05, 3.63) is 94.3 Å². The van der Waals surface area contributed by atoms with Gasteiger partial charge >= 0.3 is 0 Å². The fraction of sp³-hybridized carbons (Fsp3) is 0.351. The van der Waals surface area contributed by atoms with Gasteiger partial charge in [-0.25, -0.2) is 19.1 Å². The molecule has 4 heterocycles. The molecule has 0 spiro atoms. The third kappa shape index (κ3) is 8.35. The second-order valence-electron chi connectivity index (χ2n) is 12.7. The zero-order valence-corrected chi connectivity index (χ0v) is 29.9. The first-order valence-electron chi connectivity index (χ1n) is 17.2. The van der Waals surface area contributed by atoms with E-state index in [-0.39, 0.29) is 60.4 Å². The lowest BCUT2D eigenvalue weighted by Gasteiger charge is -2.25. The highest BCUT2D eigenvalue weighted by atomic mass is 35.5. The molecule has 52 heavy (non-hydrogen) atoms. The third-order valence-electron chi connectivity index (χ3n) is 9.12. The fourth-order valence-corrected chi connectivity index (χ4v) is 6.54. The van der Waals surface area contributed by atoms with Gasteiger partial charge in [0.2, 0.25) is 0 Å². The maximum Gasteiger partial charge on any atom is 0.277 e. The zero-order valence-electron chi connectivity index (χ0n) is 29.2. The lowest BCUT2D eigenvalue weighted by atomic mass is 10.0. The number of ether oxygens (including phenoxy) is 2. The minimum absolute atomic E-state index is 0.0520. The number of hydrogen-bond acceptors (Lipinski definition) is 10. The van der Waals surface area contributed by atoms with Crippen LogP contribution < -0.4 is 31.2 Å². The number of nitrogen functional groups attached to an aromatic ring is 2. The molecule has 0 aliphatic carbocycles. The van der Waals surface area contributed by atoms with Crippen molar-refractivity contribution in [2.75, 3.05) is 31.3 Å². The predicted molar refractivity (Wildman–Crippen MR) is 193 cm³/mol. The van der Waals surface area contributed by atoms with Crippen molar-refractivity contribution in [2.24, 2.45) is 5.92 Å². The number of aromatic nitrogens is 5. The summed E-state index contributed by atoms with van der Waals surface area (Å²) in [4.78, 5) is 40.9. The number of anilines is 2. The van der Waals surface area contributed by atoms with Crippen LogP contribution in [0.25, 0.3) is 11.0 Å². The first kappa shape index (κ1) is 36.3. The number of imidazole rings is 1. The first-order chi connectivity index (χ1) is 25.1. The average molecular weight is 728 g/mol. The largest absolute Gasteiger partial charge is 0.871 e. The van der Waals surface area contributed by atoms with Crippen LogP contribution in [0.4, 0.5) is 11.6 Å². The van der Waals surface area contributed by atoms with Crippen molar-refractivity contribution >= 4 is 46.1 Å². The number of fused-ring (bicyclic) bond motifs is 1. The van der Waals surface area contributed by atoms with Crippen LogP contribution in [-0.4, -0.2) is 56.1 Å². The highest BCUT2D eigenvalue weighted by Crippen LogP contribution is 2.25. The smallest absolute Gasteiger partial charge is 0.277 e. The normalized spacial score (nSPS) is 13.3. The highest BCUT2D eigenvalue weighted by Gasteiger charge is 2.29. The zero-order chi connectivity index (χ0) is 36.8. The Morgan fingerprint density at radius 2 is 1.83 bits per heavy atom. The highest BCUT2D eigenvalue weighted by molar-refractivity contribution is 6.31. The van der Waals surface area contributed by atoms with E-state index in [4.69, 9.17) is 32.5 Å². The van der Waals surface area contributed by atoms with Crippen LogP contribution in [0.3, 0.4) is 0 Å². The van der Waals surface area contributed by atoms with E-state index in [1.54, 1.807) is 11.0 Å². The number of nitrogens with one attached hydrogen (secondary N) is 1. The van der Waals surface area contributed by atoms with E-state index in [0.717, 1.165) is 41.8 Å². The number of carbonyl (C=O) groups excluding carboxylic acids is 2. The SMILES string of the molecule is CCn1c(CNC(=O)c2nc(Cl)c(N)nc2N)[n+](CC2CCOCC2)c2ccc(OCC(=O)N(Cc3ccccc3)Cc3nc(C)ccc3[O-])cc21. The van der Waals surface area contributed by atoms with E-state index in [0.29, 0.717) is 42.8 Å². The van der Waals surface area contributed by atoms with Gasteiger partial charge in [-0.15, -0.1) is 0 Å². The number of amides is 2. The number of nitrogens with two attached hydrogens (primary N) is 2. The van der Waals surface area contributed by atoms with Crippen LogP contribution in [0.1, 0.15) is 53.0 Å². The molecular formula is C37H42ClN9O5. The number of halogens is 1. The molecule has 0 radical (unpaired) electrons. The molecule has 1 saturated heterocycles. The molecule has 3 aromatic heterocycles. The molecule has 5 N–H and O–H groups in total. The summed E-state index contributed by atoms with van der Waals surface area (Å²) in [5.74, 6) is 0.505. The Morgan fingerprint density at radius 3 is 2.58 bits per heavy atom. The van der Waals surface area contributed by atoms with E-state index >= 15 is 0 Å². The van der Waals surface area contributed by atoms with Crippen molar-refractivity contribution in [1.29, 1.82) is 0 Å². The van der Waals surface area contributed by atoms with Crippen LogP contribution >= 0.6 is 11.6 Å². The predicted octanol–water partition coefficient (Wildman–Crippen LogP) is 3.30. The van der Waals surface area contributed by atoms with Gasteiger partial charge in [-0.05, 0) is 50.5 Å². The standard InChI is InChI=1S/C37H42ClN9O5/c1-3-46-29-17-26(52-22-32(49)45(19-24-7-5-4-6-8-24)21-27-30(48)12-9-23(2)42-27)10-11-28(29)47(20-25-13-15-51-16-14-25)31(46)18-41-37(50)33-35(39)44-36(40)34(38)43-33/h4-12,17,25H,3,13-16,18-22H2,1-2H3,(H5-,39,40,41,44,48,50). The van der Waals surface area contributed by atoms with E-state index in [2.05, 4.69) is 29.4 Å². The van der Waals surface area contributed by atoms with Crippen molar-refractivity contribution in [3.63, 3.8) is 0 Å². The Morgan fingerprint density at radius 1 is 1.06 bits per heavy atom. The van der Waals surface area contributed by atoms with Crippen molar-refractivity contribution < 1.29 is 28.7 Å². The second kappa shape index (κ2) is 16.3. The Kier molecular flexibility index (Phi) is 11.4. The molecular weight excluding hydrogens is 686 g/mol. The molecule has 0 saturated carbocycles. The molecule has 272 valence electrons. The Balaban J connectivity index is 1.26. The van der Waals surface area contributed by atoms with Crippen LogP contribution in [0.2, 0.25) is 5.15 Å². The van der Waals surface area contributed by atoms with Crippen molar-refractivity contribution in [1.82, 2.24) is 29.7 Å². The lowest BCUT2D eigenvalue weighted by molar-refractivity contribution is -0.687. The van der Waals surface area contributed by atoms with E-state index in [9.17, 15) is 14.7 Å². The van der Waals surface area contributed by atoms with Gasteiger partial charge in [-0.2, -0.15) is 0 Å². The number of rotatable bonds is 13. The molecule has 0 unspecified atom stereocenters. The van der Waals surface area contributed by atoms with Crippen molar-refractivity contribution in [2.45, 2.75) is 59.4 Å². The summed E-state index contributed by atoms with van der Waals surface area (Å²) in [5, 5.41) is 15.4. The van der Waals surface area contributed by atoms with Gasteiger partial charge in [-0.1, -0.05) is 53.7 Å². The van der Waals surface area contributed by atoms with E-state index in [1.807, 2.05) is 62.4 Å². The van der Waals surface area contributed by atoms with Crippen LogP contribution in [0.5, 0.6) is 11.5 Å². The molecule has 0 atom stereocenters.